The molecule has 7 nitrogen and oxygen atoms in total. The van der Waals surface area contributed by atoms with Gasteiger partial charge in [-0.1, -0.05) is 24.4 Å². The van der Waals surface area contributed by atoms with Gasteiger partial charge in [0.15, 0.2) is 0 Å². The first-order valence-corrected chi connectivity index (χ1v) is 11.5. The van der Waals surface area contributed by atoms with E-state index in [0.717, 1.165) is 42.7 Å². The summed E-state index contributed by atoms with van der Waals surface area (Å²) >= 11 is 0. The molecule has 0 saturated heterocycles. The number of aryl methyl sites for hydroxylation is 2. The highest BCUT2D eigenvalue weighted by molar-refractivity contribution is 7.89. The van der Waals surface area contributed by atoms with Gasteiger partial charge in [-0.15, -0.1) is 0 Å². The minimum absolute atomic E-state index is 0.0671. The second-order valence-corrected chi connectivity index (χ2v) is 9.69. The van der Waals surface area contributed by atoms with Crippen LogP contribution in [0.2, 0.25) is 0 Å². The highest BCUT2D eigenvalue weighted by atomic mass is 32.2. The van der Waals surface area contributed by atoms with Crippen molar-refractivity contribution < 1.29 is 17.7 Å². The highest BCUT2D eigenvalue weighted by Gasteiger charge is 2.28. The number of carbonyl (C=O) groups is 1. The van der Waals surface area contributed by atoms with E-state index in [1.807, 2.05) is 13.8 Å². The lowest BCUT2D eigenvalue weighted by Gasteiger charge is -2.30. The zero-order chi connectivity index (χ0) is 21.0. The summed E-state index contributed by atoms with van der Waals surface area (Å²) in [4.78, 5) is 12.5. The van der Waals surface area contributed by atoms with Crippen LogP contribution in [0.5, 0.6) is 0 Å². The molecular weight excluding hydrogens is 390 g/mol. The normalized spacial score (nSPS) is 15.6. The van der Waals surface area contributed by atoms with Crippen LogP contribution in [0.3, 0.4) is 0 Å². The van der Waals surface area contributed by atoms with Gasteiger partial charge < -0.3 is 9.84 Å². The molecule has 1 heterocycles. The molecule has 158 valence electrons. The van der Waals surface area contributed by atoms with Crippen molar-refractivity contribution in [3.63, 3.8) is 0 Å². The average molecular weight is 420 g/mol. The van der Waals surface area contributed by atoms with Gasteiger partial charge in [0.2, 0.25) is 15.9 Å². The maximum Gasteiger partial charge on any atom is 0.243 e. The molecule has 0 radical (unpaired) electrons. The van der Waals surface area contributed by atoms with Crippen molar-refractivity contribution >= 4 is 21.6 Å². The Morgan fingerprint density at radius 1 is 1.17 bits per heavy atom. The largest absolute Gasteiger partial charge is 0.361 e. The van der Waals surface area contributed by atoms with Gasteiger partial charge in [-0.25, -0.2) is 8.42 Å². The Hall–Kier alpha value is -2.19. The van der Waals surface area contributed by atoms with Crippen LogP contribution in [0.1, 0.15) is 55.5 Å². The number of aromatic nitrogens is 1. The van der Waals surface area contributed by atoms with Gasteiger partial charge in [0.25, 0.3) is 0 Å². The number of hydrogen-bond acceptors (Lipinski definition) is 5. The van der Waals surface area contributed by atoms with E-state index >= 15 is 0 Å². The number of hydrogen-bond donors (Lipinski definition) is 1. The Bertz CT molecular complexity index is 925. The van der Waals surface area contributed by atoms with Crippen LogP contribution in [-0.2, 0) is 21.2 Å². The Morgan fingerprint density at radius 3 is 2.41 bits per heavy atom. The lowest BCUT2D eigenvalue weighted by atomic mass is 9.96. The van der Waals surface area contributed by atoms with Gasteiger partial charge in [-0.05, 0) is 57.4 Å². The fraction of sp³-hybridized carbons (Fsp3) is 0.524. The third kappa shape index (κ3) is 5.05. The molecule has 0 spiro atoms. The minimum Gasteiger partial charge on any atom is -0.361 e. The summed E-state index contributed by atoms with van der Waals surface area (Å²) in [6.45, 7) is 3.68. The van der Waals surface area contributed by atoms with Gasteiger partial charge >= 0.3 is 0 Å². The number of sulfonamides is 1. The van der Waals surface area contributed by atoms with Crippen molar-refractivity contribution in [2.45, 2.75) is 69.7 Å². The van der Waals surface area contributed by atoms with Gasteiger partial charge in [0.1, 0.15) is 5.76 Å². The number of benzene rings is 1. The Balaban J connectivity index is 1.59. The molecule has 1 aromatic carbocycles. The van der Waals surface area contributed by atoms with E-state index in [0.29, 0.717) is 18.5 Å². The number of carbonyl (C=O) groups excluding carboxylic acids is 1. The van der Waals surface area contributed by atoms with Gasteiger partial charge in [-0.3, -0.25) is 4.79 Å². The highest BCUT2D eigenvalue weighted by Crippen LogP contribution is 2.27. The molecule has 0 unspecified atom stereocenters. The molecule has 1 fully saturated rings. The van der Waals surface area contributed by atoms with Crippen molar-refractivity contribution in [2.75, 3.05) is 12.4 Å². The first-order valence-electron chi connectivity index (χ1n) is 10.1. The molecular formula is C21H29N3O4S. The van der Waals surface area contributed by atoms with Crippen molar-refractivity contribution in [3.8, 4) is 0 Å². The number of anilines is 1. The molecule has 8 heteroatoms. The third-order valence-corrected chi connectivity index (χ3v) is 7.61. The molecule has 0 bridgehead atoms. The summed E-state index contributed by atoms with van der Waals surface area (Å²) in [6, 6.07) is 6.44. The molecule has 2 aromatic rings. The monoisotopic (exact) mass is 419 g/mol. The Kier molecular flexibility index (Phi) is 6.74. The first-order chi connectivity index (χ1) is 13.8. The van der Waals surface area contributed by atoms with Gasteiger partial charge in [0, 0.05) is 30.8 Å². The van der Waals surface area contributed by atoms with Gasteiger partial charge in [0.05, 0.1) is 10.6 Å². The van der Waals surface area contributed by atoms with Crippen LogP contribution in [0.4, 0.5) is 5.69 Å². The molecule has 29 heavy (non-hydrogen) atoms. The van der Waals surface area contributed by atoms with Crippen molar-refractivity contribution in [1.82, 2.24) is 9.46 Å². The summed E-state index contributed by atoms with van der Waals surface area (Å²) < 4.78 is 32.4. The molecule has 1 amide bonds. The fourth-order valence-corrected chi connectivity index (χ4v) is 5.25. The SMILES string of the molecule is Cc1noc(C)c1CCC(=O)Nc1ccc(S(=O)(=O)N(C)C2CCCCC2)cc1. The second kappa shape index (κ2) is 9.09. The molecule has 0 atom stereocenters. The zero-order valence-electron chi connectivity index (χ0n) is 17.3. The molecule has 1 aliphatic rings. The maximum absolute atomic E-state index is 12.9. The van der Waals surface area contributed by atoms with E-state index in [-0.39, 0.29) is 16.8 Å². The van der Waals surface area contributed by atoms with E-state index in [9.17, 15) is 13.2 Å². The molecule has 1 saturated carbocycles. The quantitative estimate of drug-likeness (QED) is 0.736. The smallest absolute Gasteiger partial charge is 0.243 e. The van der Waals surface area contributed by atoms with E-state index in [4.69, 9.17) is 4.52 Å². The zero-order valence-corrected chi connectivity index (χ0v) is 18.1. The van der Waals surface area contributed by atoms with Crippen molar-refractivity contribution in [1.29, 1.82) is 0 Å². The van der Waals surface area contributed by atoms with E-state index in [2.05, 4.69) is 10.5 Å². The molecule has 3 rings (SSSR count). The van der Waals surface area contributed by atoms with Crippen LogP contribution in [0.15, 0.2) is 33.7 Å². The Labute approximate surface area is 172 Å². The molecule has 1 aromatic heterocycles. The fourth-order valence-electron chi connectivity index (χ4n) is 3.84. The third-order valence-electron chi connectivity index (χ3n) is 5.69. The predicted molar refractivity (Wildman–Crippen MR) is 111 cm³/mol. The lowest BCUT2D eigenvalue weighted by Crippen LogP contribution is -2.38. The van der Waals surface area contributed by atoms with Crippen molar-refractivity contribution in [2.24, 2.45) is 0 Å². The maximum atomic E-state index is 12.9. The average Bonchev–Trinajstić information content (AvgIpc) is 3.04. The number of rotatable bonds is 7. The lowest BCUT2D eigenvalue weighted by molar-refractivity contribution is -0.116. The van der Waals surface area contributed by atoms with Gasteiger partial charge in [-0.2, -0.15) is 4.31 Å². The summed E-state index contributed by atoms with van der Waals surface area (Å²) in [5, 5.41) is 6.71. The van der Waals surface area contributed by atoms with Crippen molar-refractivity contribution in [3.05, 3.63) is 41.3 Å². The summed E-state index contributed by atoms with van der Waals surface area (Å²) in [5.41, 5.74) is 2.33. The summed E-state index contributed by atoms with van der Waals surface area (Å²) in [6.07, 6.45) is 5.99. The molecule has 1 aliphatic carbocycles. The predicted octanol–water partition coefficient (Wildman–Crippen LogP) is 3.82. The number of amides is 1. The van der Waals surface area contributed by atoms with E-state index < -0.39 is 10.0 Å². The topological polar surface area (TPSA) is 92.5 Å². The van der Waals surface area contributed by atoms with E-state index in [1.165, 1.54) is 10.7 Å². The standard InChI is InChI=1S/C21H29N3O4S/c1-15-20(16(2)28-23-15)13-14-21(25)22-17-9-11-19(12-10-17)29(26,27)24(3)18-7-5-4-6-8-18/h9-12,18H,4-8,13-14H2,1-3H3,(H,22,25). The van der Waals surface area contributed by atoms with Crippen LogP contribution in [0, 0.1) is 13.8 Å². The van der Waals surface area contributed by atoms with Crippen LogP contribution < -0.4 is 5.32 Å². The number of nitrogens with one attached hydrogen (secondary N) is 1. The minimum atomic E-state index is -3.53. The van der Waals surface area contributed by atoms with Crippen LogP contribution in [0.25, 0.3) is 0 Å². The second-order valence-electron chi connectivity index (χ2n) is 7.69. The van der Waals surface area contributed by atoms with E-state index in [1.54, 1.807) is 31.3 Å². The molecule has 0 aliphatic heterocycles. The van der Waals surface area contributed by atoms with Crippen LogP contribution in [-0.4, -0.2) is 36.9 Å². The molecule has 1 N–H and O–H groups in total. The Morgan fingerprint density at radius 2 is 1.83 bits per heavy atom. The first kappa shape index (κ1) is 21.5. The summed E-state index contributed by atoms with van der Waals surface area (Å²) in [5.74, 6) is 0.590. The van der Waals surface area contributed by atoms with Crippen LogP contribution >= 0.6 is 0 Å². The number of nitrogens with zero attached hydrogens (tertiary/aromatic N) is 2. The summed E-state index contributed by atoms with van der Waals surface area (Å²) in [7, 11) is -1.87.